The lowest BCUT2D eigenvalue weighted by Crippen LogP contribution is -2.66. The lowest BCUT2D eigenvalue weighted by Gasteiger charge is -2.65. The van der Waals surface area contributed by atoms with Gasteiger partial charge in [-0.2, -0.15) is 5.26 Å². The summed E-state index contributed by atoms with van der Waals surface area (Å²) in [6, 6.07) is 2.61. The van der Waals surface area contributed by atoms with Crippen LogP contribution in [0.1, 0.15) is 105 Å². The van der Waals surface area contributed by atoms with E-state index in [9.17, 15) is 10.4 Å². The van der Waals surface area contributed by atoms with E-state index in [1.54, 1.807) is 7.11 Å². The van der Waals surface area contributed by atoms with Crippen LogP contribution < -0.4 is 0 Å². The van der Waals surface area contributed by atoms with Gasteiger partial charge in [-0.05, 0) is 85.9 Å². The fourth-order valence-corrected chi connectivity index (χ4v) is 9.67. The second-order valence-electron chi connectivity index (χ2n) is 13.3. The maximum absolute atomic E-state index is 12.0. The minimum atomic E-state index is -0.891. The zero-order valence-electron chi connectivity index (χ0n) is 21.7. The standard InChI is InChI=1S/C29H49NO2/c1-19(2)8-7-9-20(3)24-10-11-25-23-16-21(18-30)29(31)17-22(32-6)12-15-28(29,5)26(23)13-14-27(24,25)4/h19-26,31H,7-17H2,1-6H3/t20-,21-,22+,23-,24-,25-,26-,27-,28-,29+/m1/s1. The molecule has 3 nitrogen and oxygen atoms in total. The quantitative estimate of drug-likeness (QED) is 0.481. The Morgan fingerprint density at radius 2 is 1.78 bits per heavy atom. The first kappa shape index (κ1) is 24.5. The fourth-order valence-electron chi connectivity index (χ4n) is 9.67. The molecule has 0 amide bonds. The summed E-state index contributed by atoms with van der Waals surface area (Å²) in [4.78, 5) is 0. The van der Waals surface area contributed by atoms with Crippen molar-refractivity contribution in [3.8, 4) is 6.07 Å². The summed E-state index contributed by atoms with van der Waals surface area (Å²) in [6.45, 7) is 12.2. The molecule has 3 heteroatoms. The summed E-state index contributed by atoms with van der Waals surface area (Å²) in [5.74, 6) is 4.09. The monoisotopic (exact) mass is 443 g/mol. The molecule has 0 unspecified atom stereocenters. The Morgan fingerprint density at radius 3 is 2.44 bits per heavy atom. The normalized spacial score (nSPS) is 49.1. The van der Waals surface area contributed by atoms with Crippen LogP contribution in [0.2, 0.25) is 0 Å². The maximum atomic E-state index is 12.0. The summed E-state index contributed by atoms with van der Waals surface area (Å²) in [7, 11) is 1.76. The molecule has 0 aromatic rings. The molecule has 0 bridgehead atoms. The number of hydrogen-bond donors (Lipinski definition) is 1. The van der Waals surface area contributed by atoms with E-state index in [2.05, 4.69) is 40.7 Å². The van der Waals surface area contributed by atoms with E-state index in [-0.39, 0.29) is 17.4 Å². The van der Waals surface area contributed by atoms with Crippen LogP contribution in [0.5, 0.6) is 0 Å². The van der Waals surface area contributed by atoms with E-state index >= 15 is 0 Å². The Labute approximate surface area is 197 Å². The van der Waals surface area contributed by atoms with Gasteiger partial charge in [0.05, 0.1) is 23.7 Å². The molecular weight excluding hydrogens is 394 g/mol. The number of fused-ring (bicyclic) bond motifs is 5. The third kappa shape index (κ3) is 3.67. The third-order valence-electron chi connectivity index (χ3n) is 11.5. The van der Waals surface area contributed by atoms with Crippen LogP contribution >= 0.6 is 0 Å². The Bertz CT molecular complexity index is 714. The van der Waals surface area contributed by atoms with E-state index in [1.807, 2.05) is 0 Å². The summed E-state index contributed by atoms with van der Waals surface area (Å²) in [5.41, 5.74) is -0.612. The van der Waals surface area contributed by atoms with Gasteiger partial charge >= 0.3 is 0 Å². The van der Waals surface area contributed by atoms with Gasteiger partial charge in [-0.15, -0.1) is 0 Å². The van der Waals surface area contributed by atoms with Crippen molar-refractivity contribution in [1.29, 1.82) is 5.26 Å². The van der Waals surface area contributed by atoms with Crippen LogP contribution in [0.25, 0.3) is 0 Å². The second-order valence-corrected chi connectivity index (χ2v) is 13.3. The Morgan fingerprint density at radius 1 is 1.03 bits per heavy atom. The first-order valence-corrected chi connectivity index (χ1v) is 13.8. The second kappa shape index (κ2) is 8.88. The molecule has 0 aromatic heterocycles. The van der Waals surface area contributed by atoms with Crippen molar-refractivity contribution in [3.63, 3.8) is 0 Å². The van der Waals surface area contributed by atoms with Gasteiger partial charge in [0, 0.05) is 18.9 Å². The zero-order valence-corrected chi connectivity index (χ0v) is 21.7. The number of aliphatic hydroxyl groups is 1. The van der Waals surface area contributed by atoms with Gasteiger partial charge < -0.3 is 9.84 Å². The lowest BCUT2D eigenvalue weighted by molar-refractivity contribution is -0.239. The predicted molar refractivity (Wildman–Crippen MR) is 130 cm³/mol. The van der Waals surface area contributed by atoms with E-state index in [0.717, 1.165) is 42.9 Å². The molecule has 0 saturated heterocycles. The van der Waals surface area contributed by atoms with Crippen LogP contribution in [-0.4, -0.2) is 23.9 Å². The Kier molecular flexibility index (Phi) is 6.81. The molecular formula is C29H49NO2. The molecule has 0 heterocycles. The number of nitrogens with zero attached hydrogens (tertiary/aromatic N) is 1. The van der Waals surface area contributed by atoms with Crippen molar-refractivity contribution in [1.82, 2.24) is 0 Å². The summed E-state index contributed by atoms with van der Waals surface area (Å²) < 4.78 is 5.68. The van der Waals surface area contributed by atoms with Gasteiger partial charge in [0.2, 0.25) is 0 Å². The minimum absolute atomic E-state index is 0.0943. The van der Waals surface area contributed by atoms with Crippen LogP contribution in [0, 0.1) is 63.6 Å². The molecule has 0 aromatic carbocycles. The van der Waals surface area contributed by atoms with Crippen LogP contribution in [-0.2, 0) is 4.74 Å². The SMILES string of the molecule is CO[C@H]1CC[C@]2(C)[C@@H]3CC[C@@]4(C)[C@H](CC[C@@H]4[C@H](C)CCCC(C)C)[C@H]3C[C@H](C#N)[C@@]2(O)C1. The van der Waals surface area contributed by atoms with Gasteiger partial charge in [-0.1, -0.05) is 53.9 Å². The number of methoxy groups -OCH3 is 1. The minimum Gasteiger partial charge on any atom is -0.388 e. The van der Waals surface area contributed by atoms with E-state index in [0.29, 0.717) is 23.7 Å². The highest BCUT2D eigenvalue weighted by atomic mass is 16.5. The summed E-state index contributed by atoms with van der Waals surface area (Å²) >= 11 is 0. The van der Waals surface area contributed by atoms with Crippen LogP contribution in [0.4, 0.5) is 0 Å². The number of nitriles is 1. The predicted octanol–water partition coefficient (Wildman–Crippen LogP) is 6.99. The summed E-state index contributed by atoms with van der Waals surface area (Å²) in [5, 5.41) is 22.2. The van der Waals surface area contributed by atoms with E-state index in [1.165, 1.54) is 44.9 Å². The van der Waals surface area contributed by atoms with Crippen molar-refractivity contribution in [2.24, 2.45) is 52.3 Å². The molecule has 182 valence electrons. The molecule has 32 heavy (non-hydrogen) atoms. The van der Waals surface area contributed by atoms with Crippen LogP contribution in [0.3, 0.4) is 0 Å². The van der Waals surface area contributed by atoms with Gasteiger partial charge in [0.15, 0.2) is 0 Å². The summed E-state index contributed by atoms with van der Waals surface area (Å²) in [6.07, 6.45) is 13.0. The smallest absolute Gasteiger partial charge is 0.0885 e. The van der Waals surface area contributed by atoms with Gasteiger partial charge in [0.1, 0.15) is 0 Å². The molecule has 4 saturated carbocycles. The van der Waals surface area contributed by atoms with Gasteiger partial charge in [-0.25, -0.2) is 0 Å². The largest absolute Gasteiger partial charge is 0.388 e. The van der Waals surface area contributed by atoms with Gasteiger partial charge in [0.25, 0.3) is 0 Å². The van der Waals surface area contributed by atoms with Crippen molar-refractivity contribution in [2.75, 3.05) is 7.11 Å². The number of ether oxygens (including phenoxy) is 1. The molecule has 0 spiro atoms. The maximum Gasteiger partial charge on any atom is 0.0885 e. The average Bonchev–Trinajstić information content (AvgIpc) is 3.10. The van der Waals surface area contributed by atoms with Crippen LogP contribution in [0.15, 0.2) is 0 Å². The van der Waals surface area contributed by atoms with E-state index < -0.39 is 5.60 Å². The average molecular weight is 444 g/mol. The molecule has 10 atom stereocenters. The molecule has 4 aliphatic rings. The first-order valence-electron chi connectivity index (χ1n) is 13.8. The molecule has 0 radical (unpaired) electrons. The van der Waals surface area contributed by atoms with E-state index in [4.69, 9.17) is 4.74 Å². The van der Waals surface area contributed by atoms with Crippen molar-refractivity contribution >= 4 is 0 Å². The lowest BCUT2D eigenvalue weighted by atomic mass is 9.41. The Hall–Kier alpha value is -0.590. The first-order chi connectivity index (χ1) is 15.1. The van der Waals surface area contributed by atoms with Crippen molar-refractivity contribution in [3.05, 3.63) is 0 Å². The van der Waals surface area contributed by atoms with Crippen molar-refractivity contribution < 1.29 is 9.84 Å². The molecule has 1 N–H and O–H groups in total. The van der Waals surface area contributed by atoms with Gasteiger partial charge in [-0.3, -0.25) is 0 Å². The molecule has 4 aliphatic carbocycles. The highest BCUT2D eigenvalue weighted by Gasteiger charge is 2.67. The number of hydrogen-bond acceptors (Lipinski definition) is 3. The third-order valence-corrected chi connectivity index (χ3v) is 11.5. The van der Waals surface area contributed by atoms with Crippen molar-refractivity contribution in [2.45, 2.75) is 117 Å². The molecule has 0 aliphatic heterocycles. The number of rotatable bonds is 6. The highest BCUT2D eigenvalue weighted by Crippen LogP contribution is 2.70. The fraction of sp³-hybridized carbons (Fsp3) is 0.966. The molecule has 4 rings (SSSR count). The Balaban J connectivity index is 1.56. The highest BCUT2D eigenvalue weighted by molar-refractivity contribution is 5.20. The topological polar surface area (TPSA) is 53.2 Å². The zero-order chi connectivity index (χ0) is 23.3. The molecule has 4 fully saturated rings.